The Morgan fingerprint density at radius 3 is 3.00 bits per heavy atom. The van der Waals surface area contributed by atoms with Crippen molar-refractivity contribution in [3.63, 3.8) is 0 Å². The first-order valence-corrected chi connectivity index (χ1v) is 5.72. The Balaban J connectivity index is 2.17. The van der Waals surface area contributed by atoms with Crippen LogP contribution in [-0.4, -0.2) is 22.5 Å². The van der Waals surface area contributed by atoms with E-state index in [1.54, 1.807) is 25.1 Å². The van der Waals surface area contributed by atoms with Crippen molar-refractivity contribution in [2.45, 2.75) is 6.92 Å². The number of carbonyl (C=O) groups is 1. The van der Waals surface area contributed by atoms with Gasteiger partial charge in [-0.15, -0.1) is 0 Å². The lowest BCUT2D eigenvalue weighted by atomic mass is 10.3. The molecule has 1 aromatic carbocycles. The monoisotopic (exact) mass is 261 g/mol. The lowest BCUT2D eigenvalue weighted by molar-refractivity contribution is 0.0512. The molecule has 1 aromatic heterocycles. The maximum Gasteiger partial charge on any atom is 0.376 e. The number of nitrogens with zero attached hydrogens (tertiary/aromatic N) is 2. The van der Waals surface area contributed by atoms with Crippen molar-refractivity contribution >= 4 is 17.5 Å². The number of rotatable bonds is 4. The van der Waals surface area contributed by atoms with Crippen molar-refractivity contribution < 1.29 is 13.9 Å². The van der Waals surface area contributed by atoms with Crippen molar-refractivity contribution in [1.82, 2.24) is 9.97 Å². The van der Waals surface area contributed by atoms with Crippen LogP contribution in [0.2, 0.25) is 0 Å². The summed E-state index contributed by atoms with van der Waals surface area (Å²) in [6.45, 7) is 1.95. The lowest BCUT2D eigenvalue weighted by Gasteiger charge is -2.06. The summed E-state index contributed by atoms with van der Waals surface area (Å²) in [4.78, 5) is 19.3. The van der Waals surface area contributed by atoms with E-state index in [1.807, 2.05) is 0 Å². The Kier molecular flexibility index (Phi) is 4.02. The molecule has 0 aliphatic carbocycles. The number of benzene rings is 1. The van der Waals surface area contributed by atoms with E-state index < -0.39 is 5.97 Å². The van der Waals surface area contributed by atoms with E-state index in [1.165, 1.54) is 18.3 Å². The second kappa shape index (κ2) is 5.90. The quantitative estimate of drug-likeness (QED) is 0.857. The molecular weight excluding hydrogens is 249 g/mol. The summed E-state index contributed by atoms with van der Waals surface area (Å²) in [5, 5.41) is 2.88. The van der Waals surface area contributed by atoms with Crippen LogP contribution >= 0.6 is 0 Å². The van der Waals surface area contributed by atoms with Crippen molar-refractivity contribution in [2.75, 3.05) is 11.9 Å². The topological polar surface area (TPSA) is 64.1 Å². The van der Waals surface area contributed by atoms with Gasteiger partial charge in [-0.2, -0.15) is 0 Å². The number of hydrogen-bond acceptors (Lipinski definition) is 5. The number of halogens is 1. The Morgan fingerprint density at radius 1 is 1.42 bits per heavy atom. The average Bonchev–Trinajstić information content (AvgIpc) is 2.39. The predicted octanol–water partition coefficient (Wildman–Crippen LogP) is 2.54. The zero-order chi connectivity index (χ0) is 13.7. The number of ether oxygens (including phenoxy) is 1. The van der Waals surface area contributed by atoms with Crippen LogP contribution in [0.15, 0.2) is 36.5 Å². The molecule has 0 radical (unpaired) electrons. The van der Waals surface area contributed by atoms with E-state index in [9.17, 15) is 9.18 Å². The Labute approximate surface area is 109 Å². The third-order valence-corrected chi connectivity index (χ3v) is 2.21. The van der Waals surface area contributed by atoms with Crippen LogP contribution in [0.5, 0.6) is 0 Å². The molecule has 0 fully saturated rings. The molecular formula is C13H12FN3O2. The first-order chi connectivity index (χ1) is 9.19. The largest absolute Gasteiger partial charge is 0.460 e. The smallest absolute Gasteiger partial charge is 0.376 e. The molecule has 0 unspecified atom stereocenters. The molecule has 98 valence electrons. The Hall–Kier alpha value is -2.50. The molecule has 0 aliphatic heterocycles. The molecule has 0 aliphatic rings. The third-order valence-electron chi connectivity index (χ3n) is 2.21. The first-order valence-electron chi connectivity index (χ1n) is 5.72. The van der Waals surface area contributed by atoms with Crippen molar-refractivity contribution in [3.05, 3.63) is 48.2 Å². The minimum Gasteiger partial charge on any atom is -0.460 e. The highest BCUT2D eigenvalue weighted by Crippen LogP contribution is 2.15. The zero-order valence-corrected chi connectivity index (χ0v) is 10.3. The lowest BCUT2D eigenvalue weighted by Crippen LogP contribution is -2.10. The predicted molar refractivity (Wildman–Crippen MR) is 67.7 cm³/mol. The Morgan fingerprint density at radius 2 is 2.26 bits per heavy atom. The Bertz CT molecular complexity index is 590. The maximum absolute atomic E-state index is 13.0. The number of nitrogens with one attached hydrogen (secondary N) is 1. The van der Waals surface area contributed by atoms with Gasteiger partial charge in [0.05, 0.1) is 6.61 Å². The van der Waals surface area contributed by atoms with Crippen LogP contribution in [0.1, 0.15) is 17.5 Å². The molecule has 6 heteroatoms. The minimum atomic E-state index is -0.592. The summed E-state index contributed by atoms with van der Waals surface area (Å²) in [7, 11) is 0. The summed E-state index contributed by atoms with van der Waals surface area (Å²) in [5.41, 5.74) is 0.536. The molecule has 1 heterocycles. The van der Waals surface area contributed by atoms with Crippen LogP contribution in [0.25, 0.3) is 0 Å². The SMILES string of the molecule is CCOC(=O)c1nccc(Nc2cccc(F)c2)n1. The summed E-state index contributed by atoms with van der Waals surface area (Å²) >= 11 is 0. The first kappa shape index (κ1) is 12.9. The van der Waals surface area contributed by atoms with Crippen LogP contribution < -0.4 is 5.32 Å². The van der Waals surface area contributed by atoms with Gasteiger partial charge in [0, 0.05) is 11.9 Å². The highest BCUT2D eigenvalue weighted by atomic mass is 19.1. The zero-order valence-electron chi connectivity index (χ0n) is 10.3. The number of aromatic nitrogens is 2. The fourth-order valence-electron chi connectivity index (χ4n) is 1.44. The van der Waals surface area contributed by atoms with Crippen LogP contribution in [-0.2, 0) is 4.74 Å². The summed E-state index contributed by atoms with van der Waals surface area (Å²) in [5.74, 6) is -0.595. The van der Waals surface area contributed by atoms with E-state index >= 15 is 0 Å². The van der Waals surface area contributed by atoms with E-state index in [4.69, 9.17) is 4.74 Å². The van der Waals surface area contributed by atoms with Gasteiger partial charge in [0.1, 0.15) is 11.6 Å². The molecule has 0 atom stereocenters. The van der Waals surface area contributed by atoms with Crippen LogP contribution in [0.4, 0.5) is 15.9 Å². The normalized spacial score (nSPS) is 10.0. The second-order valence-electron chi connectivity index (χ2n) is 3.62. The summed E-state index contributed by atoms with van der Waals surface area (Å²) < 4.78 is 17.8. The number of anilines is 2. The van der Waals surface area contributed by atoms with Gasteiger partial charge in [-0.1, -0.05) is 6.07 Å². The maximum atomic E-state index is 13.0. The van der Waals surface area contributed by atoms with Gasteiger partial charge in [-0.05, 0) is 31.2 Å². The van der Waals surface area contributed by atoms with Gasteiger partial charge in [0.25, 0.3) is 0 Å². The summed E-state index contributed by atoms with van der Waals surface area (Å²) in [6.07, 6.45) is 1.43. The molecule has 0 amide bonds. The van der Waals surface area contributed by atoms with Gasteiger partial charge in [-0.3, -0.25) is 0 Å². The van der Waals surface area contributed by atoms with Gasteiger partial charge >= 0.3 is 5.97 Å². The molecule has 0 saturated heterocycles. The molecule has 5 nitrogen and oxygen atoms in total. The molecule has 0 bridgehead atoms. The van der Waals surface area contributed by atoms with E-state index in [-0.39, 0.29) is 18.2 Å². The molecule has 1 N–H and O–H groups in total. The van der Waals surface area contributed by atoms with E-state index in [0.717, 1.165) is 0 Å². The van der Waals surface area contributed by atoms with Crippen molar-refractivity contribution in [1.29, 1.82) is 0 Å². The van der Waals surface area contributed by atoms with Gasteiger partial charge < -0.3 is 10.1 Å². The summed E-state index contributed by atoms with van der Waals surface area (Å²) in [6, 6.07) is 7.51. The fraction of sp³-hybridized carbons (Fsp3) is 0.154. The number of carbonyl (C=O) groups excluding carboxylic acids is 1. The molecule has 0 saturated carbocycles. The van der Waals surface area contributed by atoms with Crippen molar-refractivity contribution in [2.24, 2.45) is 0 Å². The van der Waals surface area contributed by atoms with E-state index in [2.05, 4.69) is 15.3 Å². The molecule has 19 heavy (non-hydrogen) atoms. The highest BCUT2D eigenvalue weighted by molar-refractivity contribution is 5.85. The fourth-order valence-corrected chi connectivity index (χ4v) is 1.44. The van der Waals surface area contributed by atoms with E-state index in [0.29, 0.717) is 11.5 Å². The average molecular weight is 261 g/mol. The highest BCUT2D eigenvalue weighted by Gasteiger charge is 2.10. The number of hydrogen-bond donors (Lipinski definition) is 1. The van der Waals surface area contributed by atoms with Gasteiger partial charge in [0.2, 0.25) is 5.82 Å². The second-order valence-corrected chi connectivity index (χ2v) is 3.62. The van der Waals surface area contributed by atoms with Gasteiger partial charge in [0.15, 0.2) is 0 Å². The van der Waals surface area contributed by atoms with Gasteiger partial charge in [-0.25, -0.2) is 19.2 Å². The van der Waals surface area contributed by atoms with Crippen molar-refractivity contribution in [3.8, 4) is 0 Å². The third kappa shape index (κ3) is 3.48. The number of esters is 1. The standard InChI is InChI=1S/C13H12FN3O2/c1-2-19-13(18)12-15-7-6-11(17-12)16-10-5-3-4-9(14)8-10/h3-8H,2H2,1H3,(H,15,16,17). The molecule has 2 rings (SSSR count). The molecule has 0 spiro atoms. The molecule has 2 aromatic rings. The minimum absolute atomic E-state index is 0.0387. The van der Waals surface area contributed by atoms with Crippen LogP contribution in [0, 0.1) is 5.82 Å². The van der Waals surface area contributed by atoms with Crippen LogP contribution in [0.3, 0.4) is 0 Å².